The molecule has 0 unspecified atom stereocenters. The first-order chi connectivity index (χ1) is 12.7. The van der Waals surface area contributed by atoms with E-state index in [0.29, 0.717) is 33.8 Å². The summed E-state index contributed by atoms with van der Waals surface area (Å²) in [6.07, 6.45) is 0. The van der Waals surface area contributed by atoms with Gasteiger partial charge in [0.05, 0.1) is 20.8 Å². The van der Waals surface area contributed by atoms with Gasteiger partial charge < -0.3 is 23.4 Å². The van der Waals surface area contributed by atoms with Gasteiger partial charge in [0.25, 0.3) is 0 Å². The van der Waals surface area contributed by atoms with Gasteiger partial charge in [-0.15, -0.1) is 0 Å². The molecule has 1 heterocycles. The molecule has 0 fully saturated rings. The van der Waals surface area contributed by atoms with Crippen LogP contribution in [0.25, 0.3) is 11.0 Å². The number of benzene rings is 2. The zero-order valence-corrected chi connectivity index (χ0v) is 14.9. The van der Waals surface area contributed by atoms with Crippen molar-refractivity contribution >= 4 is 16.9 Å². The van der Waals surface area contributed by atoms with Gasteiger partial charge in [-0.3, -0.25) is 0 Å². The minimum Gasteiger partial charge on any atom is -0.497 e. The molecule has 0 aliphatic heterocycles. The van der Waals surface area contributed by atoms with Gasteiger partial charge >= 0.3 is 5.97 Å². The van der Waals surface area contributed by atoms with Crippen molar-refractivity contribution in [2.75, 3.05) is 20.8 Å². The number of hydrogen-bond donors (Lipinski definition) is 0. The monoisotopic (exact) mass is 356 g/mol. The third-order valence-corrected chi connectivity index (χ3v) is 3.88. The van der Waals surface area contributed by atoms with Gasteiger partial charge in [-0.25, -0.2) is 4.79 Å². The van der Waals surface area contributed by atoms with E-state index in [2.05, 4.69) is 0 Å². The SMILES string of the molecule is CCOC(=O)c1c(COc2ccc(OC)cc2)oc2ccc(OC)cc12. The van der Waals surface area contributed by atoms with Crippen molar-refractivity contribution in [2.45, 2.75) is 13.5 Å². The van der Waals surface area contributed by atoms with E-state index in [1.807, 2.05) is 0 Å². The highest BCUT2D eigenvalue weighted by molar-refractivity contribution is 6.05. The van der Waals surface area contributed by atoms with Gasteiger partial charge in [0.2, 0.25) is 0 Å². The lowest BCUT2D eigenvalue weighted by Crippen LogP contribution is -2.08. The lowest BCUT2D eigenvalue weighted by molar-refractivity contribution is 0.0523. The van der Waals surface area contributed by atoms with E-state index < -0.39 is 5.97 Å². The molecule has 0 aliphatic rings. The minimum absolute atomic E-state index is 0.0947. The van der Waals surface area contributed by atoms with Crippen LogP contribution in [0.4, 0.5) is 0 Å². The summed E-state index contributed by atoms with van der Waals surface area (Å²) in [4.78, 5) is 12.4. The molecule has 0 N–H and O–H groups in total. The third-order valence-electron chi connectivity index (χ3n) is 3.88. The molecule has 0 bridgehead atoms. The predicted molar refractivity (Wildman–Crippen MR) is 96.0 cm³/mol. The number of carbonyl (C=O) groups is 1. The van der Waals surface area contributed by atoms with Crippen molar-refractivity contribution in [3.8, 4) is 17.2 Å². The molecule has 0 atom stereocenters. The predicted octanol–water partition coefficient (Wildman–Crippen LogP) is 4.21. The Bertz CT molecular complexity index is 895. The van der Waals surface area contributed by atoms with Crippen LogP contribution < -0.4 is 14.2 Å². The summed E-state index contributed by atoms with van der Waals surface area (Å²) < 4.78 is 27.1. The number of hydrogen-bond acceptors (Lipinski definition) is 6. The summed E-state index contributed by atoms with van der Waals surface area (Å²) in [6, 6.07) is 12.4. The number of carbonyl (C=O) groups excluding carboxylic acids is 1. The molecular weight excluding hydrogens is 336 g/mol. The molecule has 0 saturated carbocycles. The zero-order chi connectivity index (χ0) is 18.5. The number of ether oxygens (including phenoxy) is 4. The molecule has 6 nitrogen and oxygen atoms in total. The minimum atomic E-state index is -0.451. The normalized spacial score (nSPS) is 10.6. The summed E-state index contributed by atoms with van der Waals surface area (Å²) in [5.41, 5.74) is 0.927. The van der Waals surface area contributed by atoms with E-state index in [4.69, 9.17) is 23.4 Å². The number of fused-ring (bicyclic) bond motifs is 1. The molecule has 136 valence electrons. The fourth-order valence-electron chi connectivity index (χ4n) is 2.60. The van der Waals surface area contributed by atoms with E-state index in [-0.39, 0.29) is 13.2 Å². The maximum atomic E-state index is 12.4. The molecule has 1 aromatic heterocycles. The van der Waals surface area contributed by atoms with Crippen molar-refractivity contribution in [1.29, 1.82) is 0 Å². The van der Waals surface area contributed by atoms with Crippen LogP contribution in [0, 0.1) is 0 Å². The first-order valence-electron chi connectivity index (χ1n) is 8.19. The number of rotatable bonds is 7. The Kier molecular flexibility index (Phi) is 5.31. The van der Waals surface area contributed by atoms with Crippen molar-refractivity contribution in [3.63, 3.8) is 0 Å². The molecule has 0 spiro atoms. The first kappa shape index (κ1) is 17.7. The Hall–Kier alpha value is -3.15. The standard InChI is InChI=1S/C20H20O6/c1-4-24-20(21)19-16-11-15(23-3)9-10-17(16)26-18(19)12-25-14-7-5-13(22-2)6-8-14/h5-11H,4,12H2,1-3H3. The van der Waals surface area contributed by atoms with Crippen molar-refractivity contribution in [2.24, 2.45) is 0 Å². The number of furan rings is 1. The average Bonchev–Trinajstić information content (AvgIpc) is 3.04. The summed E-state index contributed by atoms with van der Waals surface area (Å²) in [6.45, 7) is 2.13. The van der Waals surface area contributed by atoms with Gasteiger partial charge in [-0.05, 0) is 49.4 Å². The Balaban J connectivity index is 1.92. The second kappa shape index (κ2) is 7.82. The van der Waals surface area contributed by atoms with Crippen LogP contribution in [0.15, 0.2) is 46.9 Å². The summed E-state index contributed by atoms with van der Waals surface area (Å²) >= 11 is 0. The Labute approximate surface area is 151 Å². The quantitative estimate of drug-likeness (QED) is 0.591. The van der Waals surface area contributed by atoms with Gasteiger partial charge in [0.1, 0.15) is 35.0 Å². The van der Waals surface area contributed by atoms with Crippen LogP contribution in [0.1, 0.15) is 23.0 Å². The number of esters is 1. The number of methoxy groups -OCH3 is 2. The molecule has 0 amide bonds. The fraction of sp³-hybridized carbons (Fsp3) is 0.250. The van der Waals surface area contributed by atoms with E-state index >= 15 is 0 Å². The van der Waals surface area contributed by atoms with Gasteiger partial charge in [0.15, 0.2) is 5.76 Å². The van der Waals surface area contributed by atoms with Crippen molar-refractivity contribution in [1.82, 2.24) is 0 Å². The Morgan fingerprint density at radius 3 is 2.27 bits per heavy atom. The van der Waals surface area contributed by atoms with E-state index in [1.54, 1.807) is 63.6 Å². The summed E-state index contributed by atoms with van der Waals surface area (Å²) in [5, 5.41) is 0.635. The van der Waals surface area contributed by atoms with Crippen LogP contribution in [0.5, 0.6) is 17.2 Å². The second-order valence-corrected chi connectivity index (χ2v) is 5.45. The van der Waals surface area contributed by atoms with Crippen LogP contribution in [-0.4, -0.2) is 26.8 Å². The molecule has 26 heavy (non-hydrogen) atoms. The zero-order valence-electron chi connectivity index (χ0n) is 14.9. The maximum absolute atomic E-state index is 12.4. The maximum Gasteiger partial charge on any atom is 0.342 e. The van der Waals surface area contributed by atoms with E-state index in [9.17, 15) is 4.79 Å². The molecule has 0 radical (unpaired) electrons. The third kappa shape index (κ3) is 3.59. The van der Waals surface area contributed by atoms with Gasteiger partial charge in [-0.1, -0.05) is 0 Å². The lowest BCUT2D eigenvalue weighted by Gasteiger charge is -2.07. The summed E-state index contributed by atoms with van der Waals surface area (Å²) in [5.74, 6) is 1.96. The molecular formula is C20H20O6. The Morgan fingerprint density at radius 2 is 1.62 bits per heavy atom. The smallest absolute Gasteiger partial charge is 0.342 e. The molecule has 0 saturated heterocycles. The highest BCUT2D eigenvalue weighted by Crippen LogP contribution is 2.31. The molecule has 2 aromatic carbocycles. The van der Waals surface area contributed by atoms with Gasteiger partial charge in [-0.2, -0.15) is 0 Å². The Morgan fingerprint density at radius 1 is 0.962 bits per heavy atom. The van der Waals surface area contributed by atoms with Crippen LogP contribution in [0.2, 0.25) is 0 Å². The molecule has 3 rings (SSSR count). The van der Waals surface area contributed by atoms with E-state index in [0.717, 1.165) is 5.75 Å². The largest absolute Gasteiger partial charge is 0.497 e. The van der Waals surface area contributed by atoms with Crippen LogP contribution in [0.3, 0.4) is 0 Å². The van der Waals surface area contributed by atoms with Crippen molar-refractivity contribution in [3.05, 3.63) is 53.8 Å². The van der Waals surface area contributed by atoms with E-state index in [1.165, 1.54) is 0 Å². The fourth-order valence-corrected chi connectivity index (χ4v) is 2.60. The average molecular weight is 356 g/mol. The summed E-state index contributed by atoms with van der Waals surface area (Å²) in [7, 11) is 3.17. The van der Waals surface area contributed by atoms with Crippen LogP contribution >= 0.6 is 0 Å². The van der Waals surface area contributed by atoms with Gasteiger partial charge in [0, 0.05) is 5.39 Å². The lowest BCUT2D eigenvalue weighted by atomic mass is 10.1. The molecule has 6 heteroatoms. The second-order valence-electron chi connectivity index (χ2n) is 5.45. The molecule has 0 aliphatic carbocycles. The topological polar surface area (TPSA) is 67.1 Å². The molecule has 3 aromatic rings. The highest BCUT2D eigenvalue weighted by atomic mass is 16.5. The van der Waals surface area contributed by atoms with Crippen molar-refractivity contribution < 1.29 is 28.2 Å². The van der Waals surface area contributed by atoms with Crippen LogP contribution in [-0.2, 0) is 11.3 Å². The highest BCUT2D eigenvalue weighted by Gasteiger charge is 2.23. The first-order valence-corrected chi connectivity index (χ1v) is 8.19.